The van der Waals surface area contributed by atoms with E-state index < -0.39 is 28.4 Å². The Morgan fingerprint density at radius 1 is 1.14 bits per heavy atom. The number of halogens is 4. The van der Waals surface area contributed by atoms with E-state index in [0.717, 1.165) is 23.7 Å². The van der Waals surface area contributed by atoms with Crippen LogP contribution in [0.4, 0.5) is 9.18 Å². The van der Waals surface area contributed by atoms with E-state index in [0.29, 0.717) is 46.4 Å². The zero-order valence-corrected chi connectivity index (χ0v) is 22.1. The average molecular weight is 573 g/mol. The van der Waals surface area contributed by atoms with Crippen LogP contribution in [0.3, 0.4) is 0 Å². The third kappa shape index (κ3) is 5.83. The van der Waals surface area contributed by atoms with E-state index in [9.17, 15) is 13.2 Å². The molecule has 0 aliphatic heterocycles. The molecule has 1 aliphatic carbocycles. The topological polar surface area (TPSA) is 106 Å². The first-order valence-corrected chi connectivity index (χ1v) is 13.5. The Morgan fingerprint density at radius 2 is 1.92 bits per heavy atom. The van der Waals surface area contributed by atoms with E-state index in [1.54, 1.807) is 36.0 Å². The number of aryl methyl sites for hydroxylation is 2. The maximum absolute atomic E-state index is 15.3. The lowest BCUT2D eigenvalue weighted by atomic mass is 9.92. The van der Waals surface area contributed by atoms with E-state index in [1.165, 1.54) is 6.07 Å². The van der Waals surface area contributed by atoms with Gasteiger partial charge in [0.25, 0.3) is 10.0 Å². The second kappa shape index (κ2) is 10.8. The van der Waals surface area contributed by atoms with Gasteiger partial charge in [-0.15, -0.1) is 0 Å². The molecule has 3 aromatic rings. The van der Waals surface area contributed by atoms with Crippen LogP contribution in [0, 0.1) is 6.92 Å². The minimum Gasteiger partial charge on any atom is -0.331 e. The predicted molar refractivity (Wildman–Crippen MR) is 136 cm³/mol. The molecule has 0 atom stereocenters. The van der Waals surface area contributed by atoms with Crippen molar-refractivity contribution in [3.8, 4) is 0 Å². The van der Waals surface area contributed by atoms with E-state index in [4.69, 9.17) is 34.8 Å². The summed E-state index contributed by atoms with van der Waals surface area (Å²) in [7, 11) is -4.24. The van der Waals surface area contributed by atoms with Gasteiger partial charge in [0.2, 0.25) is 0 Å². The number of allylic oxidation sites excluding steroid dienone is 1. The number of hydrogen-bond donors (Lipinski definition) is 2. The molecule has 0 unspecified atom stereocenters. The average Bonchev–Trinajstić information content (AvgIpc) is 3.23. The fourth-order valence-corrected chi connectivity index (χ4v) is 5.44. The minimum absolute atomic E-state index is 0.138. The summed E-state index contributed by atoms with van der Waals surface area (Å²) in [5.41, 5.74) is 3.12. The molecule has 2 aromatic heterocycles. The van der Waals surface area contributed by atoms with Crippen molar-refractivity contribution in [3.05, 3.63) is 80.1 Å². The van der Waals surface area contributed by atoms with Gasteiger partial charge in [0.15, 0.2) is 0 Å². The molecule has 190 valence electrons. The zero-order chi connectivity index (χ0) is 26.0. The molecule has 2 N–H and O–H groups in total. The lowest BCUT2D eigenvalue weighted by molar-refractivity contribution is 0.246. The Morgan fingerprint density at radius 3 is 2.64 bits per heavy atom. The third-order valence-corrected chi connectivity index (χ3v) is 7.95. The van der Waals surface area contributed by atoms with Gasteiger partial charge in [-0.05, 0) is 55.5 Å². The minimum atomic E-state index is -4.24. The van der Waals surface area contributed by atoms with Crippen molar-refractivity contribution in [1.82, 2.24) is 24.8 Å². The van der Waals surface area contributed by atoms with Gasteiger partial charge in [0.1, 0.15) is 10.7 Å². The first-order valence-electron chi connectivity index (χ1n) is 10.8. The van der Waals surface area contributed by atoms with Crippen molar-refractivity contribution in [2.75, 3.05) is 6.54 Å². The molecular weight excluding hydrogens is 552 g/mol. The Hall–Kier alpha value is -2.66. The number of urea groups is 1. The lowest BCUT2D eigenvalue weighted by Crippen LogP contribution is -2.40. The Balaban J connectivity index is 1.49. The summed E-state index contributed by atoms with van der Waals surface area (Å²) in [6.45, 7) is 1.42. The number of pyridine rings is 1. The molecule has 0 spiro atoms. The Kier molecular flexibility index (Phi) is 7.89. The smallest absolute Gasteiger partial charge is 0.329 e. The van der Waals surface area contributed by atoms with Gasteiger partial charge >= 0.3 is 6.03 Å². The highest BCUT2D eigenvalue weighted by atomic mass is 35.5. The Labute approximate surface area is 222 Å². The SMILES string of the molecule is Cc1ncc(S(=O)(=O)NC(=O)NC/C(F)=C2\CCCc3cnn(Cc4ccc(Cl)cc4Cl)c32)cc1Cl. The molecular formula is C23H21Cl3FN5O3S. The number of hydrogen-bond acceptors (Lipinski definition) is 5. The van der Waals surface area contributed by atoms with Gasteiger partial charge in [0, 0.05) is 21.8 Å². The van der Waals surface area contributed by atoms with Crippen molar-refractivity contribution in [1.29, 1.82) is 0 Å². The number of sulfonamides is 1. The molecule has 1 aliphatic rings. The van der Waals surface area contributed by atoms with Crippen LogP contribution >= 0.6 is 34.8 Å². The molecule has 0 bridgehead atoms. The third-order valence-electron chi connectivity index (χ3n) is 5.68. The summed E-state index contributed by atoms with van der Waals surface area (Å²) in [4.78, 5) is 15.8. The van der Waals surface area contributed by atoms with Crippen LogP contribution in [-0.2, 0) is 23.0 Å². The monoisotopic (exact) mass is 571 g/mol. The summed E-state index contributed by atoms with van der Waals surface area (Å²) < 4.78 is 43.7. The van der Waals surface area contributed by atoms with Crippen LogP contribution < -0.4 is 10.0 Å². The fraction of sp³-hybridized carbons (Fsp3) is 0.261. The summed E-state index contributed by atoms with van der Waals surface area (Å²) in [6, 6.07) is 5.22. The van der Waals surface area contributed by atoms with E-state index in [-0.39, 0.29) is 9.92 Å². The van der Waals surface area contributed by atoms with Crippen molar-refractivity contribution >= 4 is 56.4 Å². The fourth-order valence-electron chi connectivity index (χ4n) is 3.84. The number of rotatable bonds is 6. The molecule has 0 fully saturated rings. The van der Waals surface area contributed by atoms with Crippen molar-refractivity contribution in [3.63, 3.8) is 0 Å². The largest absolute Gasteiger partial charge is 0.331 e. The van der Waals surface area contributed by atoms with Gasteiger partial charge in [-0.2, -0.15) is 5.10 Å². The molecule has 2 heterocycles. The molecule has 13 heteroatoms. The number of nitrogens with zero attached hydrogens (tertiary/aromatic N) is 3. The molecule has 0 saturated carbocycles. The quantitative estimate of drug-likeness (QED) is 0.417. The first-order chi connectivity index (χ1) is 17.0. The van der Waals surface area contributed by atoms with E-state index in [2.05, 4.69) is 15.4 Å². The molecule has 36 heavy (non-hydrogen) atoms. The van der Waals surface area contributed by atoms with Crippen LogP contribution in [0.25, 0.3) is 5.57 Å². The second-order valence-corrected chi connectivity index (χ2v) is 11.1. The summed E-state index contributed by atoms with van der Waals surface area (Å²) >= 11 is 18.2. The zero-order valence-electron chi connectivity index (χ0n) is 19.0. The van der Waals surface area contributed by atoms with Crippen molar-refractivity contribution < 1.29 is 17.6 Å². The number of aromatic nitrogens is 3. The van der Waals surface area contributed by atoms with Crippen LogP contribution in [0.1, 0.15) is 35.4 Å². The summed E-state index contributed by atoms with van der Waals surface area (Å²) in [5, 5.41) is 7.78. The standard InChI is InChI=1S/C23H21Cl3FN5O3S/c1-13-19(25)8-17(10-28-13)36(34,35)31-23(33)29-11-21(27)18-4-2-3-14-9-30-32(22(14)18)12-15-5-6-16(24)7-20(15)26/h5-10H,2-4,11-12H2,1H3,(H2,29,31,33)/b21-18-. The number of carbonyl (C=O) groups is 1. The maximum Gasteiger partial charge on any atom is 0.329 e. The van der Waals surface area contributed by atoms with Gasteiger partial charge in [-0.25, -0.2) is 22.3 Å². The van der Waals surface area contributed by atoms with Crippen molar-refractivity contribution in [2.45, 2.75) is 37.6 Å². The Bertz CT molecular complexity index is 1470. The number of fused-ring (bicyclic) bond motifs is 1. The van der Waals surface area contributed by atoms with Crippen LogP contribution in [0.5, 0.6) is 0 Å². The first kappa shape index (κ1) is 26.4. The summed E-state index contributed by atoms with van der Waals surface area (Å²) in [5.74, 6) is -0.590. The molecule has 1 aromatic carbocycles. The van der Waals surface area contributed by atoms with Gasteiger partial charge in [-0.1, -0.05) is 40.9 Å². The van der Waals surface area contributed by atoms with Crippen molar-refractivity contribution in [2.24, 2.45) is 0 Å². The van der Waals surface area contributed by atoms with E-state index >= 15 is 4.39 Å². The van der Waals surface area contributed by atoms with Gasteiger partial charge in [-0.3, -0.25) is 9.67 Å². The summed E-state index contributed by atoms with van der Waals surface area (Å²) in [6.07, 6.45) is 4.66. The van der Waals surface area contributed by atoms with Crippen LogP contribution in [0.15, 0.2) is 47.4 Å². The molecule has 8 nitrogen and oxygen atoms in total. The van der Waals surface area contributed by atoms with Crippen LogP contribution in [-0.4, -0.2) is 35.8 Å². The molecule has 0 saturated heterocycles. The number of amides is 2. The molecule has 2 amide bonds. The van der Waals surface area contributed by atoms with Gasteiger partial charge in [0.05, 0.1) is 35.7 Å². The second-order valence-electron chi connectivity index (χ2n) is 8.18. The van der Waals surface area contributed by atoms with Crippen LogP contribution in [0.2, 0.25) is 15.1 Å². The predicted octanol–water partition coefficient (Wildman–Crippen LogP) is 5.30. The number of nitrogens with one attached hydrogen (secondary N) is 2. The number of carbonyl (C=O) groups excluding carboxylic acids is 1. The van der Waals surface area contributed by atoms with Gasteiger partial charge < -0.3 is 5.32 Å². The molecule has 4 rings (SSSR count). The number of benzene rings is 1. The maximum atomic E-state index is 15.3. The molecule has 0 radical (unpaired) electrons. The highest BCUT2D eigenvalue weighted by Gasteiger charge is 2.25. The highest BCUT2D eigenvalue weighted by Crippen LogP contribution is 2.34. The van der Waals surface area contributed by atoms with E-state index in [1.807, 2.05) is 4.72 Å². The highest BCUT2D eigenvalue weighted by molar-refractivity contribution is 7.90. The normalized spacial score (nSPS) is 14.8. The lowest BCUT2D eigenvalue weighted by Gasteiger charge is -2.19.